The Bertz CT molecular complexity index is 630. The van der Waals surface area contributed by atoms with Gasteiger partial charge in [-0.05, 0) is 37.3 Å². The van der Waals surface area contributed by atoms with Crippen LogP contribution in [0.15, 0.2) is 48.5 Å². The SMILES string of the molecule is CCN(CC(=O)Nc1ccccc1Cl)c1cccc(N)c1. The van der Waals surface area contributed by atoms with E-state index < -0.39 is 0 Å². The van der Waals surface area contributed by atoms with Crippen LogP contribution in [0.2, 0.25) is 5.02 Å². The van der Waals surface area contributed by atoms with Gasteiger partial charge >= 0.3 is 0 Å². The van der Waals surface area contributed by atoms with Crippen molar-refractivity contribution in [1.82, 2.24) is 0 Å². The molecule has 0 aliphatic heterocycles. The second kappa shape index (κ2) is 6.99. The minimum Gasteiger partial charge on any atom is -0.399 e. The third kappa shape index (κ3) is 4.13. The Balaban J connectivity index is 2.05. The molecule has 0 saturated heterocycles. The number of nitrogens with zero attached hydrogens (tertiary/aromatic N) is 1. The summed E-state index contributed by atoms with van der Waals surface area (Å²) in [5.74, 6) is -0.118. The molecule has 0 radical (unpaired) electrons. The predicted octanol–water partition coefficient (Wildman–Crippen LogP) is 3.39. The van der Waals surface area contributed by atoms with Gasteiger partial charge in [-0.1, -0.05) is 29.8 Å². The molecule has 2 aromatic carbocycles. The Labute approximate surface area is 129 Å². The second-order valence-electron chi connectivity index (χ2n) is 4.64. The Morgan fingerprint density at radius 3 is 2.67 bits per heavy atom. The highest BCUT2D eigenvalue weighted by Crippen LogP contribution is 2.21. The fraction of sp³-hybridized carbons (Fsp3) is 0.188. The number of para-hydroxylation sites is 1. The summed E-state index contributed by atoms with van der Waals surface area (Å²) in [6.45, 7) is 2.94. The lowest BCUT2D eigenvalue weighted by molar-refractivity contribution is -0.115. The molecule has 0 bridgehead atoms. The second-order valence-corrected chi connectivity index (χ2v) is 5.04. The molecule has 0 atom stereocenters. The first-order chi connectivity index (χ1) is 10.1. The first-order valence-electron chi connectivity index (χ1n) is 6.75. The highest BCUT2D eigenvalue weighted by Gasteiger charge is 2.11. The van der Waals surface area contributed by atoms with Gasteiger partial charge in [-0.3, -0.25) is 4.79 Å². The number of nitrogen functional groups attached to an aromatic ring is 1. The van der Waals surface area contributed by atoms with Crippen LogP contribution in [0.4, 0.5) is 17.1 Å². The molecular formula is C16H18ClN3O. The van der Waals surface area contributed by atoms with E-state index in [0.717, 1.165) is 5.69 Å². The van der Waals surface area contributed by atoms with Crippen LogP contribution in [0.25, 0.3) is 0 Å². The van der Waals surface area contributed by atoms with Gasteiger partial charge in [0.05, 0.1) is 17.3 Å². The molecule has 4 nitrogen and oxygen atoms in total. The average Bonchev–Trinajstić information content (AvgIpc) is 2.47. The summed E-state index contributed by atoms with van der Waals surface area (Å²) in [7, 11) is 0. The molecule has 21 heavy (non-hydrogen) atoms. The summed E-state index contributed by atoms with van der Waals surface area (Å²) < 4.78 is 0. The molecule has 5 heteroatoms. The van der Waals surface area contributed by atoms with Crippen LogP contribution in [0.1, 0.15) is 6.92 Å². The zero-order valence-corrected chi connectivity index (χ0v) is 12.6. The van der Waals surface area contributed by atoms with E-state index in [1.54, 1.807) is 12.1 Å². The van der Waals surface area contributed by atoms with E-state index in [4.69, 9.17) is 17.3 Å². The Morgan fingerprint density at radius 1 is 1.24 bits per heavy atom. The first kappa shape index (κ1) is 15.2. The lowest BCUT2D eigenvalue weighted by atomic mass is 10.2. The van der Waals surface area contributed by atoms with Crippen LogP contribution >= 0.6 is 11.6 Å². The lowest BCUT2D eigenvalue weighted by Gasteiger charge is -2.23. The molecule has 2 rings (SSSR count). The fourth-order valence-corrected chi connectivity index (χ4v) is 2.22. The van der Waals surface area contributed by atoms with Crippen LogP contribution in [-0.4, -0.2) is 19.0 Å². The van der Waals surface area contributed by atoms with Crippen LogP contribution in [0.3, 0.4) is 0 Å². The molecule has 2 aromatic rings. The number of carbonyl (C=O) groups is 1. The van der Waals surface area contributed by atoms with E-state index in [1.165, 1.54) is 0 Å². The highest BCUT2D eigenvalue weighted by atomic mass is 35.5. The number of halogens is 1. The van der Waals surface area contributed by atoms with Crippen LogP contribution in [0, 0.1) is 0 Å². The largest absolute Gasteiger partial charge is 0.399 e. The zero-order chi connectivity index (χ0) is 15.2. The van der Waals surface area contributed by atoms with Gasteiger partial charge in [0.25, 0.3) is 0 Å². The van der Waals surface area contributed by atoms with Gasteiger partial charge in [0.1, 0.15) is 0 Å². The first-order valence-corrected chi connectivity index (χ1v) is 7.13. The number of rotatable bonds is 5. The molecule has 0 unspecified atom stereocenters. The highest BCUT2D eigenvalue weighted by molar-refractivity contribution is 6.33. The number of anilines is 3. The van der Waals surface area contributed by atoms with Crippen molar-refractivity contribution in [3.05, 3.63) is 53.6 Å². The molecule has 0 aliphatic rings. The van der Waals surface area contributed by atoms with Gasteiger partial charge in [0, 0.05) is 17.9 Å². The number of nitrogens with one attached hydrogen (secondary N) is 1. The third-order valence-corrected chi connectivity index (χ3v) is 3.43. The van der Waals surface area contributed by atoms with E-state index in [9.17, 15) is 4.79 Å². The van der Waals surface area contributed by atoms with Gasteiger partial charge in [0.15, 0.2) is 0 Å². The molecular weight excluding hydrogens is 286 g/mol. The van der Waals surface area contributed by atoms with Crippen molar-refractivity contribution in [3.63, 3.8) is 0 Å². The number of likely N-dealkylation sites (N-methyl/N-ethyl adjacent to an activating group) is 1. The number of hydrogen-bond acceptors (Lipinski definition) is 3. The van der Waals surface area contributed by atoms with Gasteiger partial charge in [0.2, 0.25) is 5.91 Å². The van der Waals surface area contributed by atoms with Crippen LogP contribution in [0.5, 0.6) is 0 Å². The smallest absolute Gasteiger partial charge is 0.243 e. The maximum Gasteiger partial charge on any atom is 0.243 e. The molecule has 0 spiro atoms. The summed E-state index contributed by atoms with van der Waals surface area (Å²) in [5.41, 5.74) is 8.00. The predicted molar refractivity (Wildman–Crippen MR) is 88.8 cm³/mol. The quantitative estimate of drug-likeness (QED) is 0.832. The van der Waals surface area contributed by atoms with E-state index >= 15 is 0 Å². The lowest BCUT2D eigenvalue weighted by Crippen LogP contribution is -2.33. The summed E-state index contributed by atoms with van der Waals surface area (Å²) >= 11 is 6.03. The number of nitrogens with two attached hydrogens (primary N) is 1. The molecule has 3 N–H and O–H groups in total. The standard InChI is InChI=1S/C16H18ClN3O/c1-2-20(13-7-5-6-12(18)10-13)11-16(21)19-15-9-4-3-8-14(15)17/h3-10H,2,11,18H2,1H3,(H,19,21). The normalized spacial score (nSPS) is 10.2. The minimum atomic E-state index is -0.118. The number of hydrogen-bond donors (Lipinski definition) is 2. The Kier molecular flexibility index (Phi) is 5.06. The fourth-order valence-electron chi connectivity index (χ4n) is 2.03. The van der Waals surface area contributed by atoms with Crippen molar-refractivity contribution in [2.45, 2.75) is 6.92 Å². The van der Waals surface area contributed by atoms with E-state index in [0.29, 0.717) is 22.9 Å². The van der Waals surface area contributed by atoms with Gasteiger partial charge in [-0.2, -0.15) is 0 Å². The monoisotopic (exact) mass is 303 g/mol. The third-order valence-electron chi connectivity index (χ3n) is 3.10. The van der Waals surface area contributed by atoms with Crippen molar-refractivity contribution in [2.75, 3.05) is 29.0 Å². The maximum absolute atomic E-state index is 12.1. The number of benzene rings is 2. The van der Waals surface area contributed by atoms with Crippen molar-refractivity contribution < 1.29 is 4.79 Å². The van der Waals surface area contributed by atoms with Crippen molar-refractivity contribution in [2.24, 2.45) is 0 Å². The summed E-state index contributed by atoms with van der Waals surface area (Å²) in [6, 6.07) is 14.7. The summed E-state index contributed by atoms with van der Waals surface area (Å²) in [6.07, 6.45) is 0. The van der Waals surface area contributed by atoms with E-state index in [1.807, 2.05) is 48.2 Å². The average molecular weight is 304 g/mol. The number of amides is 1. The molecule has 0 saturated carbocycles. The summed E-state index contributed by atoms with van der Waals surface area (Å²) in [5, 5.41) is 3.34. The molecule has 0 aliphatic carbocycles. The van der Waals surface area contributed by atoms with Crippen LogP contribution in [-0.2, 0) is 4.79 Å². The van der Waals surface area contributed by atoms with Gasteiger partial charge in [-0.25, -0.2) is 0 Å². The van der Waals surface area contributed by atoms with E-state index in [-0.39, 0.29) is 12.5 Å². The molecule has 1 amide bonds. The van der Waals surface area contributed by atoms with Crippen LogP contribution < -0.4 is 16.0 Å². The topological polar surface area (TPSA) is 58.4 Å². The van der Waals surface area contributed by atoms with Gasteiger partial charge in [-0.15, -0.1) is 0 Å². The number of carbonyl (C=O) groups excluding carboxylic acids is 1. The molecule has 0 aromatic heterocycles. The minimum absolute atomic E-state index is 0.118. The van der Waals surface area contributed by atoms with Gasteiger partial charge < -0.3 is 16.0 Å². The molecule has 110 valence electrons. The zero-order valence-electron chi connectivity index (χ0n) is 11.8. The molecule has 0 fully saturated rings. The van der Waals surface area contributed by atoms with Crippen molar-refractivity contribution in [3.8, 4) is 0 Å². The Morgan fingerprint density at radius 2 is 2.00 bits per heavy atom. The Hall–Kier alpha value is -2.20. The maximum atomic E-state index is 12.1. The van der Waals surface area contributed by atoms with E-state index in [2.05, 4.69) is 5.32 Å². The summed E-state index contributed by atoms with van der Waals surface area (Å²) in [4.78, 5) is 14.1. The van der Waals surface area contributed by atoms with Crippen molar-refractivity contribution >= 4 is 34.6 Å². The molecule has 0 heterocycles. The van der Waals surface area contributed by atoms with Crippen molar-refractivity contribution in [1.29, 1.82) is 0 Å².